The summed E-state index contributed by atoms with van der Waals surface area (Å²) in [6.07, 6.45) is -3.06. The average molecular weight is 291 g/mol. The van der Waals surface area contributed by atoms with Gasteiger partial charge >= 0.3 is 6.18 Å². The fourth-order valence-corrected chi connectivity index (χ4v) is 2.43. The third-order valence-corrected chi connectivity index (χ3v) is 3.44. The first-order chi connectivity index (χ1) is 9.30. The number of hydrogen-bond acceptors (Lipinski definition) is 2. The van der Waals surface area contributed by atoms with Crippen LogP contribution < -0.4 is 5.32 Å². The Hall–Kier alpha value is -1.04. The third kappa shape index (κ3) is 4.51. The van der Waals surface area contributed by atoms with E-state index in [-0.39, 0.29) is 12.6 Å². The molecule has 0 aliphatic carbocycles. The highest BCUT2D eigenvalue weighted by atomic mass is 19.4. The van der Waals surface area contributed by atoms with Crippen molar-refractivity contribution in [2.75, 3.05) is 6.54 Å². The van der Waals surface area contributed by atoms with Crippen molar-refractivity contribution in [2.24, 2.45) is 0 Å². The second kappa shape index (κ2) is 7.11. The zero-order valence-corrected chi connectivity index (χ0v) is 12.6. The molecule has 0 aromatic carbocycles. The monoisotopic (exact) mass is 291 g/mol. The van der Waals surface area contributed by atoms with E-state index in [1.54, 1.807) is 0 Å². The number of alkyl halides is 3. The quantitative estimate of drug-likeness (QED) is 0.825. The second-order valence-corrected chi connectivity index (χ2v) is 5.09. The molecule has 1 aromatic heterocycles. The van der Waals surface area contributed by atoms with Gasteiger partial charge in [-0.2, -0.15) is 18.3 Å². The number of nitrogens with zero attached hydrogens (tertiary/aromatic N) is 2. The molecule has 1 aromatic rings. The molecule has 20 heavy (non-hydrogen) atoms. The van der Waals surface area contributed by atoms with E-state index in [4.69, 9.17) is 0 Å². The maximum absolute atomic E-state index is 12.3. The van der Waals surface area contributed by atoms with Crippen molar-refractivity contribution in [1.29, 1.82) is 0 Å². The van der Waals surface area contributed by atoms with Crippen molar-refractivity contribution in [1.82, 2.24) is 15.1 Å². The number of halogens is 3. The average Bonchev–Trinajstić information content (AvgIpc) is 2.64. The summed E-state index contributed by atoms with van der Waals surface area (Å²) in [6.45, 7) is 8.65. The predicted molar refractivity (Wildman–Crippen MR) is 73.7 cm³/mol. The minimum Gasteiger partial charge on any atom is -0.310 e. The molecule has 0 fully saturated rings. The number of hydrogen-bond donors (Lipinski definition) is 1. The summed E-state index contributed by atoms with van der Waals surface area (Å²) < 4.78 is 38.4. The van der Waals surface area contributed by atoms with Crippen LogP contribution in [0.4, 0.5) is 13.2 Å². The maximum Gasteiger partial charge on any atom is 0.390 e. The van der Waals surface area contributed by atoms with Crippen molar-refractivity contribution in [3.8, 4) is 0 Å². The van der Waals surface area contributed by atoms with Gasteiger partial charge in [0, 0.05) is 23.8 Å². The molecule has 0 bridgehead atoms. The summed E-state index contributed by atoms with van der Waals surface area (Å²) in [5.41, 5.74) is 2.70. The lowest BCUT2D eigenvalue weighted by Crippen LogP contribution is -2.22. The van der Waals surface area contributed by atoms with E-state index < -0.39 is 12.6 Å². The van der Waals surface area contributed by atoms with Gasteiger partial charge in [0.2, 0.25) is 0 Å². The van der Waals surface area contributed by atoms with Crippen LogP contribution in [0.2, 0.25) is 0 Å². The topological polar surface area (TPSA) is 29.9 Å². The SMILES string of the molecule is CCCNC(CC)c1c(C)nn(CCC(F)(F)F)c1C. The van der Waals surface area contributed by atoms with E-state index in [1.165, 1.54) is 4.68 Å². The highest BCUT2D eigenvalue weighted by molar-refractivity contribution is 5.28. The highest BCUT2D eigenvalue weighted by Gasteiger charge is 2.28. The van der Waals surface area contributed by atoms with Crippen molar-refractivity contribution in [3.05, 3.63) is 17.0 Å². The smallest absolute Gasteiger partial charge is 0.310 e. The van der Waals surface area contributed by atoms with Crippen LogP contribution in [0, 0.1) is 13.8 Å². The first kappa shape index (κ1) is 17.0. The summed E-state index contributed by atoms with van der Waals surface area (Å²) in [5.74, 6) is 0. The molecule has 0 radical (unpaired) electrons. The van der Waals surface area contributed by atoms with Crippen molar-refractivity contribution in [2.45, 2.75) is 65.7 Å². The summed E-state index contributed by atoms with van der Waals surface area (Å²) in [5, 5.41) is 7.69. The van der Waals surface area contributed by atoms with Crippen molar-refractivity contribution >= 4 is 0 Å². The van der Waals surface area contributed by atoms with E-state index in [0.29, 0.717) is 0 Å². The standard InChI is InChI=1S/C14H24F3N3/c1-5-8-18-12(6-2)13-10(3)19-20(11(13)4)9-7-14(15,16)17/h12,18H,5-9H2,1-4H3. The van der Waals surface area contributed by atoms with Crippen LogP contribution in [0.25, 0.3) is 0 Å². The Morgan fingerprint density at radius 3 is 2.40 bits per heavy atom. The first-order valence-corrected chi connectivity index (χ1v) is 7.14. The van der Waals surface area contributed by atoms with Crippen LogP contribution in [-0.2, 0) is 6.54 Å². The number of aromatic nitrogens is 2. The fraction of sp³-hybridized carbons (Fsp3) is 0.786. The predicted octanol–water partition coefficient (Wildman–Crippen LogP) is 3.90. The zero-order chi connectivity index (χ0) is 15.3. The Bertz CT molecular complexity index is 424. The molecule has 1 heterocycles. The van der Waals surface area contributed by atoms with Gasteiger partial charge < -0.3 is 5.32 Å². The molecule has 0 saturated heterocycles. The molecular formula is C14H24F3N3. The molecule has 3 nitrogen and oxygen atoms in total. The molecule has 1 N–H and O–H groups in total. The lowest BCUT2D eigenvalue weighted by Gasteiger charge is -2.17. The number of rotatable bonds is 7. The van der Waals surface area contributed by atoms with Crippen LogP contribution in [0.1, 0.15) is 56.1 Å². The third-order valence-electron chi connectivity index (χ3n) is 3.44. The fourth-order valence-electron chi connectivity index (χ4n) is 2.43. The van der Waals surface area contributed by atoms with Gasteiger partial charge in [-0.05, 0) is 33.2 Å². The van der Waals surface area contributed by atoms with Gasteiger partial charge in [-0.15, -0.1) is 0 Å². The van der Waals surface area contributed by atoms with Crippen LogP contribution >= 0.6 is 0 Å². The maximum atomic E-state index is 12.3. The molecule has 0 saturated carbocycles. The van der Waals surface area contributed by atoms with E-state index >= 15 is 0 Å². The summed E-state index contributed by atoms with van der Waals surface area (Å²) in [4.78, 5) is 0. The van der Waals surface area contributed by atoms with Gasteiger partial charge in [0.15, 0.2) is 0 Å². The molecule has 0 aliphatic heterocycles. The van der Waals surface area contributed by atoms with Gasteiger partial charge in [0.05, 0.1) is 12.1 Å². The molecule has 1 atom stereocenters. The highest BCUT2D eigenvalue weighted by Crippen LogP contribution is 2.26. The molecule has 116 valence electrons. The number of aryl methyl sites for hydroxylation is 2. The van der Waals surface area contributed by atoms with E-state index in [1.807, 2.05) is 13.8 Å². The summed E-state index contributed by atoms with van der Waals surface area (Å²) in [7, 11) is 0. The lowest BCUT2D eigenvalue weighted by molar-refractivity contribution is -0.137. The van der Waals surface area contributed by atoms with Gasteiger partial charge in [-0.25, -0.2) is 0 Å². The van der Waals surface area contributed by atoms with E-state index in [9.17, 15) is 13.2 Å². The molecule has 1 rings (SSSR count). The Balaban J connectivity index is 2.89. The van der Waals surface area contributed by atoms with Crippen LogP contribution in [0.5, 0.6) is 0 Å². The minimum absolute atomic E-state index is 0.111. The van der Waals surface area contributed by atoms with Gasteiger partial charge in [0.1, 0.15) is 0 Å². The first-order valence-electron chi connectivity index (χ1n) is 7.14. The summed E-state index contributed by atoms with van der Waals surface area (Å²) >= 11 is 0. The van der Waals surface area contributed by atoms with Crippen LogP contribution in [0.3, 0.4) is 0 Å². The molecule has 0 amide bonds. The van der Waals surface area contributed by atoms with Crippen LogP contribution in [0.15, 0.2) is 0 Å². The lowest BCUT2D eigenvalue weighted by atomic mass is 10.0. The molecule has 1 unspecified atom stereocenters. The van der Waals surface area contributed by atoms with E-state index in [2.05, 4.69) is 24.3 Å². The minimum atomic E-state index is -4.14. The molecule has 0 spiro atoms. The number of nitrogens with one attached hydrogen (secondary N) is 1. The van der Waals surface area contributed by atoms with Crippen molar-refractivity contribution in [3.63, 3.8) is 0 Å². The normalized spacial score (nSPS) is 13.8. The molecular weight excluding hydrogens is 267 g/mol. The van der Waals surface area contributed by atoms with Crippen molar-refractivity contribution < 1.29 is 13.2 Å². The Kier molecular flexibility index (Phi) is 6.05. The second-order valence-electron chi connectivity index (χ2n) is 5.09. The van der Waals surface area contributed by atoms with E-state index in [0.717, 1.165) is 36.3 Å². The summed E-state index contributed by atoms with van der Waals surface area (Å²) in [6, 6.07) is 0.162. The Morgan fingerprint density at radius 2 is 1.90 bits per heavy atom. The Morgan fingerprint density at radius 1 is 1.25 bits per heavy atom. The Labute approximate surface area is 118 Å². The molecule has 0 aliphatic rings. The van der Waals surface area contributed by atoms with Gasteiger partial charge in [-0.1, -0.05) is 13.8 Å². The van der Waals surface area contributed by atoms with Gasteiger partial charge in [0.25, 0.3) is 0 Å². The zero-order valence-electron chi connectivity index (χ0n) is 12.6. The van der Waals surface area contributed by atoms with Crippen LogP contribution in [-0.4, -0.2) is 22.5 Å². The largest absolute Gasteiger partial charge is 0.390 e. The van der Waals surface area contributed by atoms with Gasteiger partial charge in [-0.3, -0.25) is 4.68 Å². The molecule has 6 heteroatoms.